The Morgan fingerprint density at radius 1 is 1.12 bits per heavy atom. The summed E-state index contributed by atoms with van der Waals surface area (Å²) >= 11 is 0. The Morgan fingerprint density at radius 2 is 1.77 bits per heavy atom. The molecule has 0 aliphatic carbocycles. The molecule has 1 saturated heterocycles. The van der Waals surface area contributed by atoms with Gasteiger partial charge in [-0.05, 0) is 31.2 Å². The second kappa shape index (κ2) is 6.51. The van der Waals surface area contributed by atoms with Crippen molar-refractivity contribution in [3.05, 3.63) is 47.7 Å². The monoisotopic (exact) mass is 386 g/mol. The quantitative estimate of drug-likeness (QED) is 0.807. The minimum Gasteiger partial charge on any atom is -0.352 e. The molecule has 1 aliphatic heterocycles. The molecule has 0 saturated carbocycles. The van der Waals surface area contributed by atoms with Crippen molar-refractivity contribution in [2.24, 2.45) is 0 Å². The standard InChI is InChI=1S/C16H17F3N4O2S/c1-11-7-8-15(21-20-11)23-9-12(10-23)22(2)26(24,25)14-6-4-3-5-13(14)16(17,18)19/h3-8,12H,9-10H2,1-2H3. The van der Waals surface area contributed by atoms with Gasteiger partial charge in [0, 0.05) is 20.1 Å². The molecule has 0 spiro atoms. The van der Waals surface area contributed by atoms with E-state index >= 15 is 0 Å². The summed E-state index contributed by atoms with van der Waals surface area (Å²) in [5, 5.41) is 7.96. The molecule has 2 aromatic rings. The normalized spacial score (nSPS) is 16.0. The third kappa shape index (κ3) is 3.38. The highest BCUT2D eigenvalue weighted by Crippen LogP contribution is 2.36. The fourth-order valence-electron chi connectivity index (χ4n) is 2.71. The van der Waals surface area contributed by atoms with Gasteiger partial charge in [-0.1, -0.05) is 12.1 Å². The number of likely N-dealkylation sites (N-methyl/N-ethyl adjacent to an activating group) is 1. The number of rotatable bonds is 4. The molecular weight excluding hydrogens is 369 g/mol. The fourth-order valence-corrected chi connectivity index (χ4v) is 4.26. The van der Waals surface area contributed by atoms with Crippen molar-refractivity contribution in [1.29, 1.82) is 0 Å². The molecule has 0 amide bonds. The van der Waals surface area contributed by atoms with E-state index in [0.29, 0.717) is 18.9 Å². The largest absolute Gasteiger partial charge is 0.417 e. The Balaban J connectivity index is 1.79. The molecule has 0 atom stereocenters. The van der Waals surface area contributed by atoms with Gasteiger partial charge >= 0.3 is 6.18 Å². The minimum atomic E-state index is -4.74. The Bertz CT molecular complexity index is 894. The summed E-state index contributed by atoms with van der Waals surface area (Å²) in [5.74, 6) is 0.605. The number of alkyl halides is 3. The van der Waals surface area contributed by atoms with E-state index in [1.807, 2.05) is 4.90 Å². The van der Waals surface area contributed by atoms with Crippen molar-refractivity contribution < 1.29 is 21.6 Å². The average Bonchev–Trinajstić information content (AvgIpc) is 2.54. The van der Waals surface area contributed by atoms with Crippen LogP contribution in [0.25, 0.3) is 0 Å². The van der Waals surface area contributed by atoms with Crippen LogP contribution in [0.2, 0.25) is 0 Å². The Hall–Kier alpha value is -2.20. The summed E-state index contributed by atoms with van der Waals surface area (Å²) < 4.78 is 65.8. The van der Waals surface area contributed by atoms with Crippen LogP contribution < -0.4 is 4.90 Å². The molecule has 1 aliphatic rings. The topological polar surface area (TPSA) is 66.4 Å². The molecule has 0 radical (unpaired) electrons. The van der Waals surface area contributed by atoms with Crippen LogP contribution in [0, 0.1) is 6.92 Å². The molecular formula is C16H17F3N4O2S. The lowest BCUT2D eigenvalue weighted by Gasteiger charge is -2.43. The summed E-state index contributed by atoms with van der Waals surface area (Å²) in [6, 6.07) is 7.33. The van der Waals surface area contributed by atoms with Crippen LogP contribution in [0.15, 0.2) is 41.3 Å². The summed E-state index contributed by atoms with van der Waals surface area (Å²) in [6.45, 7) is 2.47. The fraction of sp³-hybridized carbons (Fsp3) is 0.375. The molecule has 1 fully saturated rings. The van der Waals surface area contributed by atoms with Gasteiger partial charge in [-0.2, -0.15) is 22.6 Å². The molecule has 10 heteroatoms. The zero-order valence-corrected chi connectivity index (χ0v) is 14.9. The van der Waals surface area contributed by atoms with Gasteiger partial charge in [0.05, 0.1) is 22.2 Å². The van der Waals surface area contributed by atoms with Gasteiger partial charge in [0.25, 0.3) is 0 Å². The first-order valence-corrected chi connectivity index (χ1v) is 9.24. The van der Waals surface area contributed by atoms with Crippen molar-refractivity contribution in [3.63, 3.8) is 0 Å². The molecule has 0 unspecified atom stereocenters. The van der Waals surface area contributed by atoms with Gasteiger partial charge in [0.15, 0.2) is 5.82 Å². The molecule has 3 rings (SSSR count). The Morgan fingerprint density at radius 3 is 2.35 bits per heavy atom. The number of halogens is 3. The van der Waals surface area contributed by atoms with E-state index in [2.05, 4.69) is 10.2 Å². The second-order valence-electron chi connectivity index (χ2n) is 6.11. The van der Waals surface area contributed by atoms with Crippen LogP contribution in [0.3, 0.4) is 0 Å². The van der Waals surface area contributed by atoms with E-state index in [9.17, 15) is 21.6 Å². The van der Waals surface area contributed by atoms with Crippen LogP contribution in [0.4, 0.5) is 19.0 Å². The first-order chi connectivity index (χ1) is 12.1. The number of aryl methyl sites for hydroxylation is 1. The first-order valence-electron chi connectivity index (χ1n) is 7.80. The lowest BCUT2D eigenvalue weighted by molar-refractivity contribution is -0.139. The summed E-state index contributed by atoms with van der Waals surface area (Å²) in [7, 11) is -2.98. The number of anilines is 1. The van der Waals surface area contributed by atoms with Gasteiger partial charge in [0.2, 0.25) is 10.0 Å². The Labute approximate surface area is 149 Å². The average molecular weight is 386 g/mol. The molecule has 2 heterocycles. The van der Waals surface area contributed by atoms with Crippen LogP contribution in [0.1, 0.15) is 11.3 Å². The van der Waals surface area contributed by atoms with Crippen molar-refractivity contribution in [3.8, 4) is 0 Å². The number of nitrogens with zero attached hydrogens (tertiary/aromatic N) is 4. The zero-order chi connectivity index (χ0) is 19.1. The zero-order valence-electron chi connectivity index (χ0n) is 14.1. The second-order valence-corrected chi connectivity index (χ2v) is 8.07. The van der Waals surface area contributed by atoms with Crippen LogP contribution >= 0.6 is 0 Å². The smallest absolute Gasteiger partial charge is 0.352 e. The highest BCUT2D eigenvalue weighted by atomic mass is 32.2. The Kier molecular flexibility index (Phi) is 4.65. The number of hydrogen-bond acceptors (Lipinski definition) is 5. The number of aromatic nitrogens is 2. The number of sulfonamides is 1. The van der Waals surface area contributed by atoms with Crippen LogP contribution in [-0.2, 0) is 16.2 Å². The molecule has 0 N–H and O–H groups in total. The first kappa shape index (κ1) is 18.6. The minimum absolute atomic E-state index is 0.335. The predicted molar refractivity (Wildman–Crippen MR) is 89.2 cm³/mol. The third-order valence-corrected chi connectivity index (χ3v) is 6.30. The summed E-state index contributed by atoms with van der Waals surface area (Å²) in [5.41, 5.74) is -0.401. The van der Waals surface area contributed by atoms with Crippen molar-refractivity contribution in [1.82, 2.24) is 14.5 Å². The summed E-state index contributed by atoms with van der Waals surface area (Å²) in [6.07, 6.45) is -4.74. The van der Waals surface area contributed by atoms with E-state index in [-0.39, 0.29) is 0 Å². The van der Waals surface area contributed by atoms with E-state index in [4.69, 9.17) is 0 Å². The van der Waals surface area contributed by atoms with Crippen LogP contribution in [-0.4, -0.2) is 49.1 Å². The highest BCUT2D eigenvalue weighted by molar-refractivity contribution is 7.89. The van der Waals surface area contributed by atoms with Crippen molar-refractivity contribution in [2.45, 2.75) is 24.0 Å². The van der Waals surface area contributed by atoms with Gasteiger partial charge in [-0.3, -0.25) is 0 Å². The third-order valence-electron chi connectivity index (χ3n) is 4.33. The maximum atomic E-state index is 13.1. The molecule has 6 nitrogen and oxygen atoms in total. The summed E-state index contributed by atoms with van der Waals surface area (Å²) in [4.78, 5) is 1.09. The van der Waals surface area contributed by atoms with Crippen molar-refractivity contribution >= 4 is 15.8 Å². The molecule has 26 heavy (non-hydrogen) atoms. The van der Waals surface area contributed by atoms with Gasteiger partial charge in [-0.15, -0.1) is 5.10 Å². The van der Waals surface area contributed by atoms with Gasteiger partial charge in [0.1, 0.15) is 0 Å². The molecule has 1 aromatic carbocycles. The van der Waals surface area contributed by atoms with Gasteiger partial charge < -0.3 is 4.90 Å². The van der Waals surface area contributed by atoms with Gasteiger partial charge in [-0.25, -0.2) is 8.42 Å². The van der Waals surface area contributed by atoms with Crippen LogP contribution in [0.5, 0.6) is 0 Å². The lowest BCUT2D eigenvalue weighted by atomic mass is 10.1. The van der Waals surface area contributed by atoms with E-state index in [1.54, 1.807) is 19.1 Å². The number of benzene rings is 1. The molecule has 140 valence electrons. The van der Waals surface area contributed by atoms with E-state index < -0.39 is 32.7 Å². The maximum Gasteiger partial charge on any atom is 0.417 e. The number of hydrogen-bond donors (Lipinski definition) is 0. The van der Waals surface area contributed by atoms with Crippen molar-refractivity contribution in [2.75, 3.05) is 25.0 Å². The maximum absolute atomic E-state index is 13.1. The van der Waals surface area contributed by atoms with E-state index in [1.165, 1.54) is 19.2 Å². The predicted octanol–water partition coefficient (Wildman–Crippen LogP) is 2.31. The van der Waals surface area contributed by atoms with E-state index in [0.717, 1.165) is 22.1 Å². The molecule has 1 aromatic heterocycles. The molecule has 0 bridgehead atoms. The highest BCUT2D eigenvalue weighted by Gasteiger charge is 2.42. The SMILES string of the molecule is Cc1ccc(N2CC(N(C)S(=O)(=O)c3ccccc3C(F)(F)F)C2)nn1. The lowest BCUT2D eigenvalue weighted by Crippen LogP contribution is -2.60.